The fourth-order valence-electron chi connectivity index (χ4n) is 0.992. The van der Waals surface area contributed by atoms with Crippen LogP contribution in [0.4, 0.5) is 5.69 Å². The van der Waals surface area contributed by atoms with Crippen molar-refractivity contribution in [3.05, 3.63) is 29.3 Å². The minimum absolute atomic E-state index is 0.406. The first-order valence-electron chi connectivity index (χ1n) is 3.52. The van der Waals surface area contributed by atoms with Gasteiger partial charge in [0.25, 0.3) is 5.91 Å². The molecule has 0 fully saturated rings. The molecule has 0 radical (unpaired) electrons. The van der Waals surface area contributed by atoms with Crippen LogP contribution in [0.5, 0.6) is 0 Å². The van der Waals surface area contributed by atoms with E-state index in [-0.39, 0.29) is 0 Å². The van der Waals surface area contributed by atoms with Gasteiger partial charge in [-0.25, -0.2) is 0 Å². The second kappa shape index (κ2) is 3.23. The molecule has 0 heterocycles. The van der Waals surface area contributed by atoms with Gasteiger partial charge in [0.05, 0.1) is 11.3 Å². The van der Waals surface area contributed by atoms with Crippen LogP contribution in [0, 0.1) is 6.92 Å². The number of hydrazine groups is 1. The topological polar surface area (TPSA) is 81.1 Å². The lowest BCUT2D eigenvalue weighted by molar-refractivity contribution is 0.100. The number of hydrogen-bond donors (Lipinski definition) is 3. The minimum Gasteiger partial charge on any atom is -0.366 e. The van der Waals surface area contributed by atoms with E-state index in [0.29, 0.717) is 11.3 Å². The Balaban J connectivity index is 3.20. The van der Waals surface area contributed by atoms with Crippen molar-refractivity contribution in [2.45, 2.75) is 6.92 Å². The lowest BCUT2D eigenvalue weighted by atomic mass is 10.1. The largest absolute Gasteiger partial charge is 0.366 e. The van der Waals surface area contributed by atoms with Crippen molar-refractivity contribution in [3.8, 4) is 0 Å². The first-order chi connectivity index (χ1) is 5.65. The highest BCUT2D eigenvalue weighted by Crippen LogP contribution is 2.15. The number of rotatable bonds is 2. The number of benzene rings is 1. The highest BCUT2D eigenvalue weighted by molar-refractivity contribution is 5.98. The van der Waals surface area contributed by atoms with Crippen molar-refractivity contribution in [2.24, 2.45) is 11.6 Å². The Kier molecular flexibility index (Phi) is 2.30. The molecule has 0 saturated carbocycles. The Labute approximate surface area is 70.5 Å². The van der Waals surface area contributed by atoms with E-state index in [2.05, 4.69) is 5.43 Å². The quantitative estimate of drug-likeness (QED) is 0.437. The van der Waals surface area contributed by atoms with Gasteiger partial charge in [-0.1, -0.05) is 6.07 Å². The number of amides is 1. The van der Waals surface area contributed by atoms with E-state index in [4.69, 9.17) is 11.6 Å². The molecule has 0 unspecified atom stereocenters. The Hall–Kier alpha value is -1.55. The molecule has 1 aromatic rings. The summed E-state index contributed by atoms with van der Waals surface area (Å²) in [6, 6.07) is 5.22. The molecule has 0 saturated heterocycles. The third kappa shape index (κ3) is 1.54. The van der Waals surface area contributed by atoms with Gasteiger partial charge in [-0.05, 0) is 24.6 Å². The van der Waals surface area contributed by atoms with Crippen molar-refractivity contribution in [2.75, 3.05) is 5.43 Å². The molecule has 5 N–H and O–H groups in total. The molecule has 1 rings (SSSR count). The van der Waals surface area contributed by atoms with Gasteiger partial charge in [-0.2, -0.15) is 0 Å². The van der Waals surface area contributed by atoms with Crippen LogP contribution < -0.4 is 17.0 Å². The van der Waals surface area contributed by atoms with Crippen molar-refractivity contribution >= 4 is 11.6 Å². The molecule has 0 aliphatic carbocycles. The van der Waals surface area contributed by atoms with Gasteiger partial charge in [0.15, 0.2) is 0 Å². The summed E-state index contributed by atoms with van der Waals surface area (Å²) in [4.78, 5) is 10.8. The van der Waals surface area contributed by atoms with Crippen LogP contribution in [0.25, 0.3) is 0 Å². The summed E-state index contributed by atoms with van der Waals surface area (Å²) in [5.41, 5.74) is 9.51. The first-order valence-corrected chi connectivity index (χ1v) is 3.52. The van der Waals surface area contributed by atoms with Gasteiger partial charge in [-0.15, -0.1) is 0 Å². The minimum atomic E-state index is -0.483. The average molecular weight is 165 g/mol. The van der Waals surface area contributed by atoms with Gasteiger partial charge >= 0.3 is 0 Å². The molecule has 4 nitrogen and oxygen atoms in total. The van der Waals surface area contributed by atoms with E-state index in [1.54, 1.807) is 18.2 Å². The monoisotopic (exact) mass is 165 g/mol. The number of nitrogen functional groups attached to an aromatic ring is 1. The summed E-state index contributed by atoms with van der Waals surface area (Å²) in [7, 11) is 0. The third-order valence-corrected chi connectivity index (χ3v) is 1.60. The van der Waals surface area contributed by atoms with Gasteiger partial charge in [-0.3, -0.25) is 10.6 Å². The fourth-order valence-corrected chi connectivity index (χ4v) is 0.992. The average Bonchev–Trinajstić information content (AvgIpc) is 2.03. The number of nitrogens with one attached hydrogen (secondary N) is 1. The summed E-state index contributed by atoms with van der Waals surface area (Å²) in [5.74, 6) is 4.72. The molecule has 64 valence electrons. The second-order valence-electron chi connectivity index (χ2n) is 2.56. The van der Waals surface area contributed by atoms with Crippen LogP contribution in [0.15, 0.2) is 18.2 Å². The molecule has 0 bridgehead atoms. The molecule has 0 aromatic heterocycles. The molecule has 1 amide bonds. The van der Waals surface area contributed by atoms with E-state index in [9.17, 15) is 4.79 Å². The number of nitrogens with two attached hydrogens (primary N) is 2. The predicted molar refractivity (Wildman–Crippen MR) is 47.5 cm³/mol. The van der Waals surface area contributed by atoms with Crippen molar-refractivity contribution in [1.82, 2.24) is 0 Å². The molecule has 0 aliphatic rings. The fraction of sp³-hybridized carbons (Fsp3) is 0.125. The van der Waals surface area contributed by atoms with Crippen LogP contribution in [-0.2, 0) is 0 Å². The van der Waals surface area contributed by atoms with Crippen molar-refractivity contribution in [3.63, 3.8) is 0 Å². The zero-order chi connectivity index (χ0) is 9.14. The predicted octanol–water partition coefficient (Wildman–Crippen LogP) is 0.380. The number of hydrogen-bond acceptors (Lipinski definition) is 3. The second-order valence-corrected chi connectivity index (χ2v) is 2.56. The van der Waals surface area contributed by atoms with Gasteiger partial charge in [0.2, 0.25) is 0 Å². The van der Waals surface area contributed by atoms with Crippen LogP contribution >= 0.6 is 0 Å². The molecule has 4 heteroatoms. The maximum atomic E-state index is 10.8. The number of carbonyl (C=O) groups is 1. The summed E-state index contributed by atoms with van der Waals surface area (Å²) in [5, 5.41) is 0. The van der Waals surface area contributed by atoms with E-state index in [0.717, 1.165) is 5.56 Å². The van der Waals surface area contributed by atoms with Crippen molar-refractivity contribution < 1.29 is 4.79 Å². The highest BCUT2D eigenvalue weighted by Gasteiger charge is 2.05. The van der Waals surface area contributed by atoms with Crippen LogP contribution in [-0.4, -0.2) is 5.91 Å². The van der Waals surface area contributed by atoms with Crippen molar-refractivity contribution in [1.29, 1.82) is 0 Å². The summed E-state index contributed by atoms with van der Waals surface area (Å²) < 4.78 is 0. The SMILES string of the molecule is Cc1ccc(C(N)=O)c(NN)c1. The van der Waals surface area contributed by atoms with Crippen LogP contribution in [0.2, 0.25) is 0 Å². The molecule has 0 aliphatic heterocycles. The molecule has 0 spiro atoms. The summed E-state index contributed by atoms with van der Waals surface area (Å²) >= 11 is 0. The van der Waals surface area contributed by atoms with Crippen LogP contribution in [0.1, 0.15) is 15.9 Å². The zero-order valence-electron chi connectivity index (χ0n) is 6.79. The molecular formula is C8H11N3O. The summed E-state index contributed by atoms with van der Waals surface area (Å²) in [6.45, 7) is 1.91. The Bertz CT molecular complexity index is 309. The first kappa shape index (κ1) is 8.55. The molecular weight excluding hydrogens is 154 g/mol. The summed E-state index contributed by atoms with van der Waals surface area (Å²) in [6.07, 6.45) is 0. The Morgan fingerprint density at radius 2 is 2.17 bits per heavy atom. The maximum Gasteiger partial charge on any atom is 0.250 e. The molecule has 12 heavy (non-hydrogen) atoms. The number of carbonyl (C=O) groups excluding carboxylic acids is 1. The number of anilines is 1. The normalized spacial score (nSPS) is 9.50. The Morgan fingerprint density at radius 3 is 2.67 bits per heavy atom. The Morgan fingerprint density at radius 1 is 1.50 bits per heavy atom. The van der Waals surface area contributed by atoms with E-state index in [1.165, 1.54) is 0 Å². The van der Waals surface area contributed by atoms with Gasteiger partial charge < -0.3 is 11.2 Å². The highest BCUT2D eigenvalue weighted by atomic mass is 16.1. The van der Waals surface area contributed by atoms with E-state index < -0.39 is 5.91 Å². The maximum absolute atomic E-state index is 10.8. The zero-order valence-corrected chi connectivity index (χ0v) is 6.79. The van der Waals surface area contributed by atoms with Gasteiger partial charge in [0, 0.05) is 0 Å². The smallest absolute Gasteiger partial charge is 0.250 e. The number of primary amides is 1. The lowest BCUT2D eigenvalue weighted by Gasteiger charge is -2.05. The third-order valence-electron chi connectivity index (χ3n) is 1.60. The molecule has 1 aromatic carbocycles. The van der Waals surface area contributed by atoms with E-state index >= 15 is 0 Å². The van der Waals surface area contributed by atoms with Gasteiger partial charge in [0.1, 0.15) is 0 Å². The van der Waals surface area contributed by atoms with E-state index in [1.807, 2.05) is 6.92 Å². The van der Waals surface area contributed by atoms with Crippen LogP contribution in [0.3, 0.4) is 0 Å². The number of aryl methyl sites for hydroxylation is 1. The lowest BCUT2D eigenvalue weighted by Crippen LogP contribution is -2.17. The standard InChI is InChI=1S/C8H11N3O/c1-5-2-3-6(8(9)12)7(4-5)11-10/h2-4,11H,10H2,1H3,(H2,9,12). The molecule has 0 atom stereocenters.